The number of fused-ring (bicyclic) bond motifs is 5. The molecule has 48 heavy (non-hydrogen) atoms. The Kier molecular flexibility index (Phi) is 8.00. The molecule has 2 atom stereocenters. The summed E-state index contributed by atoms with van der Waals surface area (Å²) in [7, 11) is 0.511. The maximum absolute atomic E-state index is 16.1. The molecule has 0 radical (unpaired) electrons. The van der Waals surface area contributed by atoms with Crippen molar-refractivity contribution < 1.29 is 42.5 Å². The Morgan fingerprint density at radius 2 is 1.94 bits per heavy atom. The van der Waals surface area contributed by atoms with Gasteiger partial charge in [-0.3, -0.25) is 18.6 Å². The maximum Gasteiger partial charge on any atom is 0.416 e. The lowest BCUT2D eigenvalue weighted by molar-refractivity contribution is 0.0568. The minimum atomic E-state index is -2.78. The second-order valence-electron chi connectivity index (χ2n) is 11.9. The quantitative estimate of drug-likeness (QED) is 0.145. The number of ether oxygens (including phenoxy) is 1. The first-order chi connectivity index (χ1) is 22.9. The molecule has 6 heterocycles. The molecule has 2 aliphatic rings. The third kappa shape index (κ3) is 5.22. The fraction of sp³-hybridized carbons (Fsp3) is 0.290. The summed E-state index contributed by atoms with van der Waals surface area (Å²) in [5.74, 6) is -3.46. The van der Waals surface area contributed by atoms with Crippen LogP contribution in [0.2, 0.25) is 0 Å². The van der Waals surface area contributed by atoms with Gasteiger partial charge in [-0.2, -0.15) is 0 Å². The van der Waals surface area contributed by atoms with Crippen molar-refractivity contribution in [3.63, 3.8) is 0 Å². The average Bonchev–Trinajstić information content (AvgIpc) is 3.74. The fourth-order valence-corrected chi connectivity index (χ4v) is 7.13. The number of amides is 1. The van der Waals surface area contributed by atoms with Gasteiger partial charge in [-0.25, -0.2) is 23.4 Å². The van der Waals surface area contributed by atoms with Gasteiger partial charge in [0.25, 0.3) is 5.56 Å². The molecule has 7 rings (SSSR count). The Morgan fingerprint density at radius 1 is 1.17 bits per heavy atom. The third-order valence-corrected chi connectivity index (χ3v) is 9.47. The Balaban J connectivity index is 1.47. The molecule has 1 amide bonds. The summed E-state index contributed by atoms with van der Waals surface area (Å²) in [6.45, 7) is 1.40. The van der Waals surface area contributed by atoms with E-state index >= 15 is 8.78 Å². The number of likely N-dealkylation sites (tertiary alicyclic amines) is 1. The topological polar surface area (TPSA) is 173 Å². The Bertz CT molecular complexity index is 2190. The van der Waals surface area contributed by atoms with Crippen molar-refractivity contribution >= 4 is 59.5 Å². The SMILES string of the molecule is CN1C[C@@H]2CCN(c3c(-c4ccc5ccc(C(=O)O)c(=O)n5c4)cnc4[nH]c5c(N(C)C(=O)OCOP(O)O)cc(F)c(F)c5c34)[C@@H]2C1. The van der Waals surface area contributed by atoms with Crippen molar-refractivity contribution in [3.8, 4) is 11.1 Å². The summed E-state index contributed by atoms with van der Waals surface area (Å²) < 4.78 is 42.1. The number of H-pyrrole nitrogens is 1. The highest BCUT2D eigenvalue weighted by Crippen LogP contribution is 2.47. The van der Waals surface area contributed by atoms with Gasteiger partial charge in [-0.05, 0) is 37.6 Å². The van der Waals surface area contributed by atoms with Gasteiger partial charge in [-0.1, -0.05) is 6.07 Å². The number of likely N-dealkylation sites (N-methyl/N-ethyl adjacent to an activating group) is 1. The third-order valence-electron chi connectivity index (χ3n) is 9.14. The van der Waals surface area contributed by atoms with E-state index in [1.54, 1.807) is 18.3 Å². The van der Waals surface area contributed by atoms with E-state index in [-0.39, 0.29) is 33.7 Å². The van der Waals surface area contributed by atoms with Crippen molar-refractivity contribution in [1.82, 2.24) is 19.3 Å². The highest BCUT2D eigenvalue weighted by atomic mass is 31.2. The van der Waals surface area contributed by atoms with Crippen LogP contribution in [-0.2, 0) is 9.26 Å². The standard InChI is InChI=1S/C31H29F2N6O8P/c1-36-11-16-7-8-38(22(16)13-36)27-19(15-3-4-17-5-6-18(30(41)42)29(40)39(17)12-15)10-34-28-24(27)23-25(33)20(32)9-21(26(23)35-28)37(2)31(43)46-14-47-48(44)45/h3-6,9-10,12,16,22,44-45H,7-8,11,13-14H2,1-2H3,(H,34,35)(H,41,42)/t16-,22+/m0/s1. The Labute approximate surface area is 271 Å². The number of aromatic nitrogens is 3. The van der Waals surface area contributed by atoms with Crippen molar-refractivity contribution in [2.45, 2.75) is 12.5 Å². The number of rotatable bonds is 7. The minimum absolute atomic E-state index is 0.0309. The summed E-state index contributed by atoms with van der Waals surface area (Å²) in [6, 6.07) is 7.07. The summed E-state index contributed by atoms with van der Waals surface area (Å²) >= 11 is 0. The molecule has 0 bridgehead atoms. The van der Waals surface area contributed by atoms with Gasteiger partial charge < -0.3 is 34.4 Å². The van der Waals surface area contributed by atoms with E-state index in [9.17, 15) is 19.5 Å². The maximum atomic E-state index is 16.1. The zero-order valence-electron chi connectivity index (χ0n) is 25.6. The van der Waals surface area contributed by atoms with Crippen LogP contribution in [0.4, 0.5) is 25.0 Å². The van der Waals surface area contributed by atoms with Gasteiger partial charge in [0, 0.05) is 67.8 Å². The second kappa shape index (κ2) is 12.1. The summed E-state index contributed by atoms with van der Waals surface area (Å²) in [4.78, 5) is 68.5. The lowest BCUT2D eigenvalue weighted by atomic mass is 10.00. The van der Waals surface area contributed by atoms with Gasteiger partial charge in [0.2, 0.25) is 6.79 Å². The number of carboxylic acid groups (broad SMARTS) is 1. The molecule has 1 aromatic carbocycles. The molecule has 5 aromatic rings. The van der Waals surface area contributed by atoms with E-state index < -0.39 is 50.2 Å². The first-order valence-electron chi connectivity index (χ1n) is 14.8. The number of nitrogens with zero attached hydrogens (tertiary/aromatic N) is 5. The summed E-state index contributed by atoms with van der Waals surface area (Å²) in [6.07, 6.45) is 2.89. The van der Waals surface area contributed by atoms with Crippen LogP contribution >= 0.6 is 8.60 Å². The summed E-state index contributed by atoms with van der Waals surface area (Å²) in [5, 5.41) is 9.66. The number of benzene rings is 1. The molecule has 0 saturated carbocycles. The van der Waals surface area contributed by atoms with Gasteiger partial charge in [-0.15, -0.1) is 0 Å². The van der Waals surface area contributed by atoms with E-state index in [2.05, 4.69) is 24.3 Å². The van der Waals surface area contributed by atoms with Crippen molar-refractivity contribution in [2.24, 2.45) is 5.92 Å². The highest BCUT2D eigenvalue weighted by molar-refractivity contribution is 7.39. The molecule has 17 heteroatoms. The number of aromatic amines is 1. The zero-order chi connectivity index (χ0) is 34.0. The van der Waals surface area contributed by atoms with Crippen LogP contribution in [0, 0.1) is 17.6 Å². The number of nitrogens with one attached hydrogen (secondary N) is 1. The molecule has 2 fully saturated rings. The number of carboxylic acids is 1. The van der Waals surface area contributed by atoms with E-state index in [4.69, 9.17) is 14.5 Å². The molecule has 14 nitrogen and oxygen atoms in total. The molecule has 4 aromatic heterocycles. The molecule has 4 N–H and O–H groups in total. The van der Waals surface area contributed by atoms with Crippen LogP contribution < -0.4 is 15.4 Å². The predicted molar refractivity (Wildman–Crippen MR) is 172 cm³/mol. The van der Waals surface area contributed by atoms with Gasteiger partial charge in [0.1, 0.15) is 11.2 Å². The summed E-state index contributed by atoms with van der Waals surface area (Å²) in [5.41, 5.74) is 1.07. The molecular formula is C31H29F2N6O8P. The monoisotopic (exact) mass is 682 g/mol. The molecule has 250 valence electrons. The average molecular weight is 683 g/mol. The largest absolute Gasteiger partial charge is 0.477 e. The highest BCUT2D eigenvalue weighted by Gasteiger charge is 2.42. The Morgan fingerprint density at radius 3 is 2.69 bits per heavy atom. The number of halogens is 2. The number of hydrogen-bond acceptors (Lipinski definition) is 10. The second-order valence-corrected chi connectivity index (χ2v) is 12.6. The number of pyridine rings is 3. The first kappa shape index (κ1) is 31.8. The molecule has 0 spiro atoms. The molecule has 0 unspecified atom stereocenters. The van der Waals surface area contributed by atoms with Crippen LogP contribution in [-0.4, -0.2) is 92.8 Å². The smallest absolute Gasteiger partial charge is 0.416 e. The van der Waals surface area contributed by atoms with Crippen LogP contribution in [0.25, 0.3) is 38.6 Å². The number of carbonyl (C=O) groups excluding carboxylic acids is 1. The zero-order valence-corrected chi connectivity index (χ0v) is 26.4. The molecule has 0 aliphatic carbocycles. The van der Waals surface area contributed by atoms with Crippen LogP contribution in [0.3, 0.4) is 0 Å². The number of anilines is 2. The molecular weight excluding hydrogens is 653 g/mol. The lowest BCUT2D eigenvalue weighted by Crippen LogP contribution is -2.35. The predicted octanol–water partition coefficient (Wildman–Crippen LogP) is 3.87. The van der Waals surface area contributed by atoms with E-state index in [0.717, 1.165) is 30.5 Å². The van der Waals surface area contributed by atoms with Crippen molar-refractivity contribution in [2.75, 3.05) is 50.3 Å². The van der Waals surface area contributed by atoms with Crippen LogP contribution in [0.5, 0.6) is 0 Å². The van der Waals surface area contributed by atoms with Crippen molar-refractivity contribution in [3.05, 3.63) is 70.3 Å². The lowest BCUT2D eigenvalue weighted by Gasteiger charge is -2.29. The first-order valence-corrected chi connectivity index (χ1v) is 16.0. The normalized spacial score (nSPS) is 18.0. The van der Waals surface area contributed by atoms with E-state index in [1.165, 1.54) is 29.8 Å². The van der Waals surface area contributed by atoms with Gasteiger partial charge >= 0.3 is 20.7 Å². The van der Waals surface area contributed by atoms with Crippen LogP contribution in [0.1, 0.15) is 16.8 Å². The molecule has 2 saturated heterocycles. The van der Waals surface area contributed by atoms with Crippen molar-refractivity contribution in [1.29, 1.82) is 0 Å². The molecule has 2 aliphatic heterocycles. The Hall–Kier alpha value is -4.73. The van der Waals surface area contributed by atoms with Gasteiger partial charge in [0.15, 0.2) is 11.6 Å². The number of carbonyl (C=O) groups is 2. The van der Waals surface area contributed by atoms with E-state index in [0.29, 0.717) is 34.8 Å². The minimum Gasteiger partial charge on any atom is -0.477 e. The van der Waals surface area contributed by atoms with E-state index in [1.807, 2.05) is 7.05 Å². The van der Waals surface area contributed by atoms with Crippen LogP contribution in [0.15, 0.2) is 47.5 Å². The van der Waals surface area contributed by atoms with Gasteiger partial charge in [0.05, 0.1) is 27.7 Å². The fourth-order valence-electron chi connectivity index (χ4n) is 6.98. The number of aromatic carboxylic acids is 1. The number of hydrogen-bond donors (Lipinski definition) is 4.